The van der Waals surface area contributed by atoms with Crippen molar-refractivity contribution in [3.8, 4) is 0 Å². The third kappa shape index (κ3) is 1.49. The van der Waals surface area contributed by atoms with Gasteiger partial charge in [0.1, 0.15) is 11.9 Å². The molecule has 4 aliphatic carbocycles. The molecule has 0 aromatic heterocycles. The molecule has 0 amide bonds. The van der Waals surface area contributed by atoms with Gasteiger partial charge < -0.3 is 14.9 Å². The number of hydrogen-bond acceptors (Lipinski definition) is 4. The molecule has 0 aromatic rings. The Balaban J connectivity index is 1.49. The predicted molar refractivity (Wildman–Crippen MR) is 89.2 cm³/mol. The predicted octanol–water partition coefficient (Wildman–Crippen LogP) is 2.75. The highest BCUT2D eigenvalue weighted by atomic mass is 16.5. The van der Waals surface area contributed by atoms with Gasteiger partial charge in [0.2, 0.25) is 0 Å². The molecular weight excluding hydrogens is 302 g/mol. The number of likely N-dealkylation sites (tertiary alicyclic amines) is 1. The number of aliphatic hydroxyl groups is 2. The Bertz CT molecular complexity index is 653. The van der Waals surface area contributed by atoms with Crippen molar-refractivity contribution in [1.82, 2.24) is 4.90 Å². The molecule has 4 heteroatoms. The van der Waals surface area contributed by atoms with Crippen LogP contribution < -0.4 is 0 Å². The zero-order valence-corrected chi connectivity index (χ0v) is 14.2. The molecule has 2 N–H and O–H groups in total. The first-order valence-electron chi connectivity index (χ1n) is 9.88. The molecule has 2 unspecified atom stereocenters. The Hall–Kier alpha value is -1.00. The van der Waals surface area contributed by atoms with Gasteiger partial charge in [0.25, 0.3) is 0 Å². The number of nitrogens with zero attached hydrogens (tertiary/aromatic N) is 1. The Morgan fingerprint density at radius 3 is 2.96 bits per heavy atom. The standard InChI is InChI=1S/C20H27NO3/c22-14-6-5-13-10-15-20(23)7-1-2-16-19(20,17(13)18(14)24-16)8-9-21(15)11-12-3-4-12/h5-6,12-13,15-17,22-23H,1-4,7-11H2/t13?,15-,16+,17?,19-,20-/m1/s1. The fourth-order valence-corrected chi connectivity index (χ4v) is 7.09. The number of allylic oxidation sites excluding steroid dienone is 3. The summed E-state index contributed by atoms with van der Waals surface area (Å²) in [6.45, 7) is 2.26. The van der Waals surface area contributed by atoms with Crippen molar-refractivity contribution in [1.29, 1.82) is 0 Å². The van der Waals surface area contributed by atoms with E-state index in [1.165, 1.54) is 19.4 Å². The minimum absolute atomic E-state index is 0.0895. The summed E-state index contributed by atoms with van der Waals surface area (Å²) in [4.78, 5) is 2.62. The highest BCUT2D eigenvalue weighted by Crippen LogP contribution is 2.69. The van der Waals surface area contributed by atoms with Gasteiger partial charge in [-0.15, -0.1) is 0 Å². The molecule has 6 aliphatic rings. The number of hydrogen-bond donors (Lipinski definition) is 2. The number of piperidine rings is 1. The van der Waals surface area contributed by atoms with E-state index in [-0.39, 0.29) is 23.5 Å². The van der Waals surface area contributed by atoms with Crippen LogP contribution >= 0.6 is 0 Å². The Morgan fingerprint density at radius 2 is 2.12 bits per heavy atom. The number of rotatable bonds is 2. The first kappa shape index (κ1) is 14.2. The van der Waals surface area contributed by atoms with Crippen molar-refractivity contribution >= 4 is 0 Å². The van der Waals surface area contributed by atoms with Crippen LogP contribution in [-0.4, -0.2) is 45.9 Å². The van der Waals surface area contributed by atoms with Crippen LogP contribution in [0.25, 0.3) is 0 Å². The second-order valence-corrected chi connectivity index (χ2v) is 9.15. The lowest BCUT2D eigenvalue weighted by molar-refractivity contribution is -0.250. The van der Waals surface area contributed by atoms with Gasteiger partial charge in [-0.05, 0) is 69.4 Å². The molecule has 0 radical (unpaired) electrons. The van der Waals surface area contributed by atoms with Crippen LogP contribution in [0.15, 0.2) is 23.7 Å². The van der Waals surface area contributed by atoms with E-state index < -0.39 is 5.60 Å². The summed E-state index contributed by atoms with van der Waals surface area (Å²) in [6, 6.07) is 0.267. The van der Waals surface area contributed by atoms with Crippen molar-refractivity contribution in [2.45, 2.75) is 62.7 Å². The van der Waals surface area contributed by atoms with Gasteiger partial charge in [0.05, 0.1) is 5.60 Å². The van der Waals surface area contributed by atoms with Crippen LogP contribution in [0.3, 0.4) is 0 Å². The first-order chi connectivity index (χ1) is 11.6. The summed E-state index contributed by atoms with van der Waals surface area (Å²) >= 11 is 0. The van der Waals surface area contributed by atoms with E-state index in [4.69, 9.17) is 4.74 Å². The average Bonchev–Trinajstić information content (AvgIpc) is 3.30. The molecule has 2 heterocycles. The quantitative estimate of drug-likeness (QED) is 0.818. The lowest BCUT2D eigenvalue weighted by Gasteiger charge is -2.66. The van der Waals surface area contributed by atoms with Crippen molar-refractivity contribution in [3.05, 3.63) is 23.7 Å². The molecule has 3 saturated carbocycles. The molecule has 6 atom stereocenters. The summed E-state index contributed by atoms with van der Waals surface area (Å²) in [7, 11) is 0. The maximum atomic E-state index is 12.0. The highest BCUT2D eigenvalue weighted by Gasteiger charge is 2.75. The smallest absolute Gasteiger partial charge is 0.153 e. The second kappa shape index (κ2) is 4.39. The van der Waals surface area contributed by atoms with E-state index in [0.29, 0.717) is 11.7 Å². The van der Waals surface area contributed by atoms with E-state index >= 15 is 0 Å². The number of ether oxygens (including phenoxy) is 1. The van der Waals surface area contributed by atoms with Gasteiger partial charge in [-0.1, -0.05) is 6.08 Å². The zero-order chi connectivity index (χ0) is 16.1. The average molecular weight is 329 g/mol. The van der Waals surface area contributed by atoms with Crippen LogP contribution in [0, 0.1) is 23.2 Å². The topological polar surface area (TPSA) is 52.9 Å². The molecule has 4 nitrogen and oxygen atoms in total. The van der Waals surface area contributed by atoms with Crippen LogP contribution in [-0.2, 0) is 4.74 Å². The molecular formula is C20H27NO3. The molecule has 2 saturated heterocycles. The van der Waals surface area contributed by atoms with Crippen molar-refractivity contribution in [3.63, 3.8) is 0 Å². The van der Waals surface area contributed by atoms with Gasteiger partial charge in [-0.2, -0.15) is 0 Å². The largest absolute Gasteiger partial charge is 0.504 e. The van der Waals surface area contributed by atoms with Crippen LogP contribution in [0.1, 0.15) is 44.9 Å². The van der Waals surface area contributed by atoms with Crippen molar-refractivity contribution in [2.75, 3.05) is 13.1 Å². The number of aliphatic hydroxyl groups excluding tert-OH is 1. The minimum Gasteiger partial charge on any atom is -0.504 e. The fraction of sp³-hybridized carbons (Fsp3) is 0.800. The summed E-state index contributed by atoms with van der Waals surface area (Å²) < 4.78 is 6.33. The second-order valence-electron chi connectivity index (χ2n) is 9.15. The third-order valence-electron chi connectivity index (χ3n) is 8.18. The molecule has 1 spiro atoms. The van der Waals surface area contributed by atoms with Crippen molar-refractivity contribution < 1.29 is 14.9 Å². The summed E-state index contributed by atoms with van der Waals surface area (Å²) in [6.07, 6.45) is 11.9. The lowest BCUT2D eigenvalue weighted by atomic mass is 9.44. The maximum Gasteiger partial charge on any atom is 0.153 e. The van der Waals surface area contributed by atoms with Crippen LogP contribution in [0.4, 0.5) is 0 Å². The molecule has 24 heavy (non-hydrogen) atoms. The molecule has 2 bridgehead atoms. The maximum absolute atomic E-state index is 12.0. The first-order valence-corrected chi connectivity index (χ1v) is 9.88. The van der Waals surface area contributed by atoms with Crippen LogP contribution in [0.5, 0.6) is 0 Å². The Labute approximate surface area is 143 Å². The van der Waals surface area contributed by atoms with Gasteiger partial charge in [0, 0.05) is 23.9 Å². The SMILES string of the molecule is OC1=C2O[C@H]3CCC[C@@]4(O)[C@H]5CC(C=C1)C2[C@@]34CCN5CC1CC1. The zero-order valence-electron chi connectivity index (χ0n) is 14.2. The van der Waals surface area contributed by atoms with Gasteiger partial charge >= 0.3 is 0 Å². The molecule has 6 rings (SSSR count). The molecule has 5 fully saturated rings. The van der Waals surface area contributed by atoms with E-state index in [1.807, 2.05) is 6.08 Å². The van der Waals surface area contributed by atoms with E-state index in [0.717, 1.165) is 50.3 Å². The lowest BCUT2D eigenvalue weighted by Crippen LogP contribution is -2.75. The Kier molecular flexibility index (Phi) is 2.60. The Morgan fingerprint density at radius 1 is 1.25 bits per heavy atom. The minimum atomic E-state index is -0.641. The normalized spacial score (nSPS) is 52.2. The summed E-state index contributed by atoms with van der Waals surface area (Å²) in [5, 5.41) is 22.4. The van der Waals surface area contributed by atoms with E-state index in [1.54, 1.807) is 0 Å². The van der Waals surface area contributed by atoms with E-state index in [9.17, 15) is 10.2 Å². The fourth-order valence-electron chi connectivity index (χ4n) is 7.09. The molecule has 130 valence electrons. The van der Waals surface area contributed by atoms with Gasteiger partial charge in [-0.25, -0.2) is 0 Å². The van der Waals surface area contributed by atoms with Crippen LogP contribution in [0.2, 0.25) is 0 Å². The third-order valence-corrected chi connectivity index (χ3v) is 8.18. The van der Waals surface area contributed by atoms with Gasteiger partial charge in [-0.3, -0.25) is 4.90 Å². The monoisotopic (exact) mass is 329 g/mol. The molecule has 2 aliphatic heterocycles. The molecule has 0 aromatic carbocycles. The van der Waals surface area contributed by atoms with E-state index in [2.05, 4.69) is 11.0 Å². The van der Waals surface area contributed by atoms with Gasteiger partial charge in [0.15, 0.2) is 5.76 Å². The summed E-state index contributed by atoms with van der Waals surface area (Å²) in [5.74, 6) is 2.56. The summed E-state index contributed by atoms with van der Waals surface area (Å²) in [5.41, 5.74) is -0.815. The highest BCUT2D eigenvalue weighted by molar-refractivity contribution is 5.37. The van der Waals surface area contributed by atoms with Crippen molar-refractivity contribution in [2.24, 2.45) is 23.2 Å².